The Labute approximate surface area is 162 Å². The van der Waals surface area contributed by atoms with E-state index < -0.39 is 0 Å². The minimum absolute atomic E-state index is 1.07. The van der Waals surface area contributed by atoms with Crippen molar-refractivity contribution in [2.24, 2.45) is 0 Å². The molecule has 5 rings (SSSR count). The van der Waals surface area contributed by atoms with E-state index in [-0.39, 0.29) is 0 Å². The van der Waals surface area contributed by atoms with Crippen LogP contribution in [0.3, 0.4) is 0 Å². The van der Waals surface area contributed by atoms with Gasteiger partial charge in [-0.25, -0.2) is 0 Å². The predicted octanol–water partition coefficient (Wildman–Crippen LogP) is 4.58. The van der Waals surface area contributed by atoms with Gasteiger partial charge in [0, 0.05) is 39.3 Å². The summed E-state index contributed by atoms with van der Waals surface area (Å²) in [7, 11) is 0. The summed E-state index contributed by atoms with van der Waals surface area (Å²) in [6.07, 6.45) is 1.09. The monoisotopic (exact) mass is 354 g/mol. The largest absolute Gasteiger partial charge is 0.297 e. The maximum absolute atomic E-state index is 2.60. The van der Waals surface area contributed by atoms with Gasteiger partial charge in [-0.2, -0.15) is 0 Å². The first kappa shape index (κ1) is 16.7. The molecule has 0 spiro atoms. The highest BCUT2D eigenvalue weighted by Crippen LogP contribution is 2.36. The number of fused-ring (bicyclic) bond motifs is 3. The molecule has 0 N–H and O–H groups in total. The summed E-state index contributed by atoms with van der Waals surface area (Å²) in [5.41, 5.74) is 8.70. The molecule has 0 saturated carbocycles. The number of hydrogen-bond donors (Lipinski definition) is 0. The van der Waals surface area contributed by atoms with Crippen LogP contribution in [0.5, 0.6) is 0 Å². The smallest absolute Gasteiger partial charge is 0.0234 e. The van der Waals surface area contributed by atoms with E-state index in [9.17, 15) is 0 Å². The number of hydrogen-bond acceptors (Lipinski definition) is 2. The molecule has 0 aromatic heterocycles. The number of benzene rings is 3. The molecular weight excluding hydrogens is 328 g/mol. The van der Waals surface area contributed by atoms with Crippen LogP contribution in [0.1, 0.15) is 22.3 Å². The average molecular weight is 354 g/mol. The SMILES string of the molecule is c1ccc(CN2CCN(Cc3ccc4c(c3)Cc3ccccc3-4)CC2)cc1. The Balaban J connectivity index is 1.20. The lowest BCUT2D eigenvalue weighted by molar-refractivity contribution is 0.122. The van der Waals surface area contributed by atoms with Gasteiger partial charge in [0.15, 0.2) is 0 Å². The van der Waals surface area contributed by atoms with Gasteiger partial charge in [-0.05, 0) is 39.8 Å². The van der Waals surface area contributed by atoms with Crippen molar-refractivity contribution in [3.05, 3.63) is 95.1 Å². The molecule has 0 amide bonds. The second-order valence-electron chi connectivity index (χ2n) is 7.86. The highest BCUT2D eigenvalue weighted by Gasteiger charge is 2.20. The van der Waals surface area contributed by atoms with Crippen LogP contribution in [0.25, 0.3) is 11.1 Å². The van der Waals surface area contributed by atoms with Gasteiger partial charge in [-0.15, -0.1) is 0 Å². The third-order valence-corrected chi connectivity index (χ3v) is 5.98. The summed E-state index contributed by atoms with van der Waals surface area (Å²) >= 11 is 0. The van der Waals surface area contributed by atoms with Crippen LogP contribution in [0.4, 0.5) is 0 Å². The standard InChI is InChI=1S/C25H26N2/c1-2-6-20(7-3-1)18-26-12-14-27(15-13-26)19-21-10-11-25-23(16-21)17-22-8-4-5-9-24(22)25/h1-11,16H,12-15,17-19H2. The van der Waals surface area contributed by atoms with Crippen molar-refractivity contribution < 1.29 is 0 Å². The first-order chi connectivity index (χ1) is 13.3. The summed E-state index contributed by atoms with van der Waals surface area (Å²) in [6.45, 7) is 6.78. The second-order valence-corrected chi connectivity index (χ2v) is 7.86. The Morgan fingerprint density at radius 3 is 1.96 bits per heavy atom. The van der Waals surface area contributed by atoms with E-state index in [1.54, 1.807) is 0 Å². The summed E-state index contributed by atoms with van der Waals surface area (Å²) < 4.78 is 0. The lowest BCUT2D eigenvalue weighted by Gasteiger charge is -2.34. The molecule has 2 aliphatic rings. The molecule has 27 heavy (non-hydrogen) atoms. The highest BCUT2D eigenvalue weighted by molar-refractivity contribution is 5.76. The van der Waals surface area contributed by atoms with E-state index in [0.717, 1.165) is 45.7 Å². The first-order valence-corrected chi connectivity index (χ1v) is 10.0. The fourth-order valence-electron chi connectivity index (χ4n) is 4.50. The van der Waals surface area contributed by atoms with Gasteiger partial charge < -0.3 is 0 Å². The molecule has 3 aromatic carbocycles. The van der Waals surface area contributed by atoms with E-state index in [4.69, 9.17) is 0 Å². The lowest BCUT2D eigenvalue weighted by atomic mass is 10.0. The van der Waals surface area contributed by atoms with Crippen LogP contribution in [0, 0.1) is 0 Å². The van der Waals surface area contributed by atoms with Crippen LogP contribution in [0.15, 0.2) is 72.8 Å². The van der Waals surface area contributed by atoms with Crippen molar-refractivity contribution in [1.82, 2.24) is 9.80 Å². The van der Waals surface area contributed by atoms with Crippen molar-refractivity contribution >= 4 is 0 Å². The van der Waals surface area contributed by atoms with E-state index in [1.165, 1.54) is 33.4 Å². The number of piperazine rings is 1. The fourth-order valence-corrected chi connectivity index (χ4v) is 4.50. The van der Waals surface area contributed by atoms with Crippen LogP contribution in [-0.2, 0) is 19.5 Å². The normalized spacial score (nSPS) is 16.9. The highest BCUT2D eigenvalue weighted by atomic mass is 15.3. The van der Waals surface area contributed by atoms with Crippen molar-refractivity contribution in [1.29, 1.82) is 0 Å². The molecule has 2 nitrogen and oxygen atoms in total. The molecule has 0 bridgehead atoms. The third kappa shape index (κ3) is 3.55. The van der Waals surface area contributed by atoms with Crippen molar-refractivity contribution in [3.8, 4) is 11.1 Å². The van der Waals surface area contributed by atoms with Gasteiger partial charge in [0.2, 0.25) is 0 Å². The average Bonchev–Trinajstić information content (AvgIpc) is 3.08. The predicted molar refractivity (Wildman–Crippen MR) is 112 cm³/mol. The van der Waals surface area contributed by atoms with Crippen LogP contribution in [0.2, 0.25) is 0 Å². The lowest BCUT2D eigenvalue weighted by Crippen LogP contribution is -2.45. The Hall–Kier alpha value is -2.42. The zero-order valence-electron chi connectivity index (χ0n) is 15.8. The van der Waals surface area contributed by atoms with Crippen LogP contribution >= 0.6 is 0 Å². The van der Waals surface area contributed by atoms with E-state index in [1.807, 2.05) is 0 Å². The molecule has 1 aliphatic heterocycles. The molecule has 0 unspecified atom stereocenters. The van der Waals surface area contributed by atoms with E-state index >= 15 is 0 Å². The third-order valence-electron chi connectivity index (χ3n) is 5.98. The summed E-state index contributed by atoms with van der Waals surface area (Å²) in [6, 6.07) is 26.8. The molecule has 2 heteroatoms. The quantitative estimate of drug-likeness (QED) is 0.529. The fraction of sp³-hybridized carbons (Fsp3) is 0.280. The van der Waals surface area contributed by atoms with Gasteiger partial charge >= 0.3 is 0 Å². The van der Waals surface area contributed by atoms with Crippen LogP contribution < -0.4 is 0 Å². The van der Waals surface area contributed by atoms with Gasteiger partial charge in [0.05, 0.1) is 0 Å². The zero-order chi connectivity index (χ0) is 18.1. The minimum Gasteiger partial charge on any atom is -0.297 e. The maximum Gasteiger partial charge on any atom is 0.0234 e. The van der Waals surface area contributed by atoms with E-state index in [2.05, 4.69) is 82.6 Å². The summed E-state index contributed by atoms with van der Waals surface area (Å²) in [5, 5.41) is 0. The molecular formula is C25H26N2. The van der Waals surface area contributed by atoms with Gasteiger partial charge in [0.1, 0.15) is 0 Å². The Morgan fingerprint density at radius 2 is 1.19 bits per heavy atom. The summed E-state index contributed by atoms with van der Waals surface area (Å²) in [4.78, 5) is 5.18. The molecule has 1 heterocycles. The van der Waals surface area contributed by atoms with Gasteiger partial charge in [-0.3, -0.25) is 9.80 Å². The molecule has 1 saturated heterocycles. The second kappa shape index (κ2) is 7.30. The Bertz CT molecular complexity index is 924. The first-order valence-electron chi connectivity index (χ1n) is 10.0. The molecule has 136 valence electrons. The Kier molecular flexibility index (Phi) is 4.52. The Morgan fingerprint density at radius 1 is 0.556 bits per heavy atom. The zero-order valence-corrected chi connectivity index (χ0v) is 15.8. The van der Waals surface area contributed by atoms with Gasteiger partial charge in [-0.1, -0.05) is 72.8 Å². The molecule has 0 radical (unpaired) electrons. The number of rotatable bonds is 4. The molecule has 3 aromatic rings. The van der Waals surface area contributed by atoms with E-state index in [0.29, 0.717) is 0 Å². The van der Waals surface area contributed by atoms with Crippen molar-refractivity contribution in [3.63, 3.8) is 0 Å². The molecule has 1 aliphatic carbocycles. The minimum atomic E-state index is 1.07. The molecule has 1 fully saturated rings. The van der Waals surface area contributed by atoms with Crippen molar-refractivity contribution in [2.45, 2.75) is 19.5 Å². The maximum atomic E-state index is 2.60. The topological polar surface area (TPSA) is 6.48 Å². The number of nitrogens with zero attached hydrogens (tertiary/aromatic N) is 2. The van der Waals surface area contributed by atoms with Crippen molar-refractivity contribution in [2.75, 3.05) is 26.2 Å². The van der Waals surface area contributed by atoms with Gasteiger partial charge in [0.25, 0.3) is 0 Å². The molecule has 0 atom stereocenters. The summed E-state index contributed by atoms with van der Waals surface area (Å²) in [5.74, 6) is 0. The van der Waals surface area contributed by atoms with Crippen LogP contribution in [-0.4, -0.2) is 36.0 Å².